The van der Waals surface area contributed by atoms with E-state index in [0.29, 0.717) is 6.54 Å². The van der Waals surface area contributed by atoms with Crippen molar-refractivity contribution in [2.24, 2.45) is 10.4 Å². The zero-order valence-corrected chi connectivity index (χ0v) is 18.3. The summed E-state index contributed by atoms with van der Waals surface area (Å²) >= 11 is 0. The van der Waals surface area contributed by atoms with E-state index in [-0.39, 0.29) is 34.3 Å². The Morgan fingerprint density at radius 2 is 2.19 bits per heavy atom. The van der Waals surface area contributed by atoms with Gasteiger partial charge in [-0.15, -0.1) is 24.0 Å². The summed E-state index contributed by atoms with van der Waals surface area (Å²) < 4.78 is 31.8. The number of rotatable bonds is 4. The van der Waals surface area contributed by atoms with Gasteiger partial charge < -0.3 is 15.0 Å². The minimum atomic E-state index is -3.43. The molecule has 146 valence electrons. The number of nitrogens with zero attached hydrogens (tertiary/aromatic N) is 2. The van der Waals surface area contributed by atoms with Crippen molar-refractivity contribution in [1.82, 2.24) is 14.9 Å². The van der Waals surface area contributed by atoms with Crippen LogP contribution in [0.2, 0.25) is 0 Å². The Hall–Kier alpha value is -0.910. The number of hydrogen-bond donors (Lipinski definition) is 2. The van der Waals surface area contributed by atoms with Crippen LogP contribution in [0.1, 0.15) is 18.4 Å². The van der Waals surface area contributed by atoms with Gasteiger partial charge in [0.05, 0.1) is 11.5 Å². The predicted octanol–water partition coefficient (Wildman–Crippen LogP) is 1.40. The summed E-state index contributed by atoms with van der Waals surface area (Å²) in [5, 5.41) is 3.35. The maximum atomic E-state index is 11.9. The number of ether oxygens (including phenoxy) is 1. The monoisotopic (exact) mass is 494 g/mol. The number of guanidine groups is 1. The van der Waals surface area contributed by atoms with Gasteiger partial charge in [-0.2, -0.15) is 0 Å². The summed E-state index contributed by atoms with van der Waals surface area (Å²) in [5.41, 5.74) is 1.17. The van der Waals surface area contributed by atoms with Crippen molar-refractivity contribution in [3.05, 3.63) is 29.8 Å². The van der Waals surface area contributed by atoms with Crippen molar-refractivity contribution in [3.63, 3.8) is 0 Å². The number of halogens is 1. The highest BCUT2D eigenvalue weighted by Gasteiger charge is 2.42. The van der Waals surface area contributed by atoms with Crippen molar-refractivity contribution in [2.75, 3.05) is 40.4 Å². The predicted molar refractivity (Wildman–Crippen MR) is 112 cm³/mol. The van der Waals surface area contributed by atoms with Gasteiger partial charge in [0.25, 0.3) is 0 Å². The molecule has 0 aliphatic carbocycles. The Bertz CT molecular complexity index is 748. The van der Waals surface area contributed by atoms with E-state index in [1.807, 2.05) is 6.07 Å². The fraction of sp³-hybridized carbons (Fsp3) is 0.588. The molecule has 1 spiro atoms. The second-order valence-corrected chi connectivity index (χ2v) is 8.62. The van der Waals surface area contributed by atoms with Gasteiger partial charge in [0, 0.05) is 38.7 Å². The SMILES string of the molecule is CN=C(NCc1cccc(S(=O)(=O)NC)c1)N1CCC2(CCOC2)C1.I. The van der Waals surface area contributed by atoms with E-state index < -0.39 is 10.0 Å². The minimum Gasteiger partial charge on any atom is -0.381 e. The first-order valence-electron chi connectivity index (χ1n) is 8.54. The Morgan fingerprint density at radius 1 is 1.38 bits per heavy atom. The van der Waals surface area contributed by atoms with E-state index in [9.17, 15) is 8.42 Å². The van der Waals surface area contributed by atoms with Crippen molar-refractivity contribution in [3.8, 4) is 0 Å². The lowest BCUT2D eigenvalue weighted by Crippen LogP contribution is -2.41. The quantitative estimate of drug-likeness (QED) is 0.376. The van der Waals surface area contributed by atoms with Crippen molar-refractivity contribution in [2.45, 2.75) is 24.3 Å². The molecule has 3 rings (SSSR count). The van der Waals surface area contributed by atoms with Gasteiger partial charge in [0.15, 0.2) is 5.96 Å². The molecule has 1 unspecified atom stereocenters. The van der Waals surface area contributed by atoms with Gasteiger partial charge in [-0.25, -0.2) is 13.1 Å². The second-order valence-electron chi connectivity index (χ2n) is 6.73. The molecule has 0 saturated carbocycles. The highest BCUT2D eigenvalue weighted by molar-refractivity contribution is 14.0. The lowest BCUT2D eigenvalue weighted by molar-refractivity contribution is 0.156. The third-order valence-corrected chi connectivity index (χ3v) is 6.47. The van der Waals surface area contributed by atoms with Gasteiger partial charge in [-0.3, -0.25) is 4.99 Å². The third kappa shape index (κ3) is 4.68. The van der Waals surface area contributed by atoms with Crippen LogP contribution in [-0.4, -0.2) is 59.7 Å². The van der Waals surface area contributed by atoms with E-state index in [4.69, 9.17) is 4.74 Å². The Kier molecular flexibility index (Phi) is 7.28. The zero-order chi connectivity index (χ0) is 17.9. The number of benzene rings is 1. The maximum absolute atomic E-state index is 11.9. The van der Waals surface area contributed by atoms with E-state index in [1.165, 1.54) is 7.05 Å². The van der Waals surface area contributed by atoms with Crippen LogP contribution in [0, 0.1) is 5.41 Å². The fourth-order valence-electron chi connectivity index (χ4n) is 3.54. The molecule has 7 nitrogen and oxygen atoms in total. The molecule has 2 aliphatic rings. The molecule has 0 bridgehead atoms. The number of hydrogen-bond acceptors (Lipinski definition) is 4. The van der Waals surface area contributed by atoms with Gasteiger partial charge in [-0.05, 0) is 37.6 Å². The lowest BCUT2D eigenvalue weighted by Gasteiger charge is -2.25. The van der Waals surface area contributed by atoms with Crippen molar-refractivity contribution < 1.29 is 13.2 Å². The van der Waals surface area contributed by atoms with Crippen molar-refractivity contribution >= 4 is 40.0 Å². The zero-order valence-electron chi connectivity index (χ0n) is 15.2. The first-order valence-corrected chi connectivity index (χ1v) is 10.0. The summed E-state index contributed by atoms with van der Waals surface area (Å²) in [4.78, 5) is 6.92. The van der Waals surface area contributed by atoms with Crippen LogP contribution >= 0.6 is 24.0 Å². The molecule has 2 fully saturated rings. The average molecular weight is 494 g/mol. The molecule has 2 heterocycles. The number of aliphatic imine (C=N–C) groups is 1. The van der Waals surface area contributed by atoms with Crippen LogP contribution in [0.4, 0.5) is 0 Å². The van der Waals surface area contributed by atoms with E-state index in [0.717, 1.165) is 50.7 Å². The molecule has 2 N–H and O–H groups in total. The van der Waals surface area contributed by atoms with Gasteiger partial charge >= 0.3 is 0 Å². The van der Waals surface area contributed by atoms with E-state index >= 15 is 0 Å². The minimum absolute atomic E-state index is 0. The molecule has 26 heavy (non-hydrogen) atoms. The smallest absolute Gasteiger partial charge is 0.240 e. The normalized spacial score (nSPS) is 23.3. The summed E-state index contributed by atoms with van der Waals surface area (Å²) in [5.74, 6) is 0.852. The van der Waals surface area contributed by atoms with Crippen LogP contribution in [-0.2, 0) is 21.3 Å². The molecule has 0 amide bonds. The number of likely N-dealkylation sites (tertiary alicyclic amines) is 1. The fourth-order valence-corrected chi connectivity index (χ4v) is 4.34. The Morgan fingerprint density at radius 3 is 2.85 bits per heavy atom. The van der Waals surface area contributed by atoms with E-state index in [1.54, 1.807) is 25.2 Å². The lowest BCUT2D eigenvalue weighted by atomic mass is 9.87. The number of sulfonamides is 1. The highest BCUT2D eigenvalue weighted by Crippen LogP contribution is 2.38. The van der Waals surface area contributed by atoms with Crippen LogP contribution < -0.4 is 10.0 Å². The molecule has 0 aromatic heterocycles. The molecule has 1 atom stereocenters. The Balaban J connectivity index is 0.00000243. The number of nitrogens with one attached hydrogen (secondary N) is 2. The molecule has 9 heteroatoms. The molecule has 2 saturated heterocycles. The first-order chi connectivity index (χ1) is 12.0. The third-order valence-electron chi connectivity index (χ3n) is 5.06. The summed E-state index contributed by atoms with van der Waals surface area (Å²) in [7, 11) is -0.235. The highest BCUT2D eigenvalue weighted by atomic mass is 127. The first kappa shape index (κ1) is 21.4. The molecular weight excluding hydrogens is 467 g/mol. The molecule has 0 radical (unpaired) electrons. The summed E-state index contributed by atoms with van der Waals surface area (Å²) in [6.45, 7) is 4.15. The summed E-state index contributed by atoms with van der Waals surface area (Å²) in [6, 6.07) is 6.94. The van der Waals surface area contributed by atoms with E-state index in [2.05, 4.69) is 19.9 Å². The van der Waals surface area contributed by atoms with Crippen LogP contribution in [0.25, 0.3) is 0 Å². The topological polar surface area (TPSA) is 83.0 Å². The Labute approximate surface area is 172 Å². The van der Waals surface area contributed by atoms with Gasteiger partial charge in [0.2, 0.25) is 10.0 Å². The molecule has 2 aliphatic heterocycles. The molecular formula is C17H27IN4O3S. The largest absolute Gasteiger partial charge is 0.381 e. The van der Waals surface area contributed by atoms with Crippen molar-refractivity contribution in [1.29, 1.82) is 0 Å². The average Bonchev–Trinajstić information content (AvgIpc) is 3.26. The summed E-state index contributed by atoms with van der Waals surface area (Å²) in [6.07, 6.45) is 2.24. The van der Waals surface area contributed by atoms with Crippen LogP contribution in [0.3, 0.4) is 0 Å². The molecule has 1 aromatic rings. The van der Waals surface area contributed by atoms with Crippen LogP contribution in [0.5, 0.6) is 0 Å². The second kappa shape index (κ2) is 8.85. The maximum Gasteiger partial charge on any atom is 0.240 e. The standard InChI is InChI=1S/C17H26N4O3S.HI/c1-18-16(21-8-6-17(12-21)7-9-24-13-17)20-11-14-4-3-5-15(10-14)25(22,23)19-2;/h3-5,10,19H,6-9,11-13H2,1-2H3,(H,18,20);1H. The van der Waals surface area contributed by atoms with Crippen LogP contribution in [0.15, 0.2) is 34.2 Å². The molecule has 1 aromatic carbocycles. The van der Waals surface area contributed by atoms with Gasteiger partial charge in [0.1, 0.15) is 0 Å². The van der Waals surface area contributed by atoms with Gasteiger partial charge in [-0.1, -0.05) is 12.1 Å².